The van der Waals surface area contributed by atoms with E-state index < -0.39 is 39.9 Å². The summed E-state index contributed by atoms with van der Waals surface area (Å²) in [4.78, 5) is 42.2. The minimum atomic E-state index is -3.22. The van der Waals surface area contributed by atoms with Crippen LogP contribution in [0.15, 0.2) is 54.6 Å². The second kappa shape index (κ2) is 8.54. The van der Waals surface area contributed by atoms with E-state index in [1.54, 1.807) is 0 Å². The van der Waals surface area contributed by atoms with Crippen LogP contribution in [0.4, 0.5) is 4.79 Å². The molecular weight excluding hydrogens is 454 g/mol. The van der Waals surface area contributed by atoms with Crippen molar-refractivity contribution in [2.75, 3.05) is 18.1 Å². The number of hydrogen-bond donors (Lipinski definition) is 1. The van der Waals surface area contributed by atoms with Crippen LogP contribution in [0, 0.1) is 0 Å². The second-order valence-corrected chi connectivity index (χ2v) is 11.6. The van der Waals surface area contributed by atoms with Gasteiger partial charge in [-0.2, -0.15) is 0 Å². The minimum absolute atomic E-state index is 0.0297. The zero-order chi connectivity index (χ0) is 23.9. The number of imide groups is 1. The number of hydrogen-bond acceptors (Lipinski definition) is 5. The smallest absolute Gasteiger partial charge is 0.325 e. The molecule has 2 fully saturated rings. The molecule has 0 unspecified atom stereocenters. The third kappa shape index (κ3) is 4.20. The molecule has 0 radical (unpaired) electrons. The molecule has 1 aliphatic carbocycles. The number of carbonyl (C=O) groups is 3. The number of nitrogens with one attached hydrogen (secondary N) is 1. The predicted molar refractivity (Wildman–Crippen MR) is 125 cm³/mol. The molecule has 9 heteroatoms. The molecule has 2 saturated heterocycles. The fourth-order valence-corrected chi connectivity index (χ4v) is 7.02. The fourth-order valence-electron chi connectivity index (χ4n) is 5.29. The third-order valence-electron chi connectivity index (χ3n) is 7.14. The van der Waals surface area contributed by atoms with Crippen molar-refractivity contribution in [1.82, 2.24) is 15.1 Å². The van der Waals surface area contributed by atoms with Crippen LogP contribution in [0.3, 0.4) is 0 Å². The highest BCUT2D eigenvalue weighted by Crippen LogP contribution is 2.33. The summed E-state index contributed by atoms with van der Waals surface area (Å²) in [5.41, 5.74) is 2.02. The summed E-state index contributed by atoms with van der Waals surface area (Å²) in [6.07, 6.45) is 1.90. The summed E-state index contributed by atoms with van der Waals surface area (Å²) >= 11 is 0. The van der Waals surface area contributed by atoms with Crippen molar-refractivity contribution in [3.8, 4) is 0 Å². The molecule has 2 aromatic rings. The Kier molecular flexibility index (Phi) is 5.67. The Morgan fingerprint density at radius 3 is 2.47 bits per heavy atom. The van der Waals surface area contributed by atoms with Crippen LogP contribution in [0.2, 0.25) is 0 Å². The van der Waals surface area contributed by atoms with Crippen LogP contribution in [-0.4, -0.2) is 65.7 Å². The van der Waals surface area contributed by atoms with Crippen LogP contribution < -0.4 is 5.32 Å². The Balaban J connectivity index is 1.36. The Morgan fingerprint density at radius 2 is 1.76 bits per heavy atom. The first-order valence-electron chi connectivity index (χ1n) is 11.5. The molecule has 178 valence electrons. The Bertz CT molecular complexity index is 1250. The molecule has 3 aliphatic rings. The SMILES string of the molecule is O=C1N[C@@]2(CCc3ccccc3C2)C(=O)N1CC(=O)N(Cc1ccccc1)[C@@H]1CCS(=O)(=O)C1. The molecular formula is C25H27N3O5S. The lowest BCUT2D eigenvalue weighted by Gasteiger charge is -2.33. The Hall–Kier alpha value is -3.20. The molecule has 1 spiro atoms. The first-order chi connectivity index (χ1) is 16.3. The maximum absolute atomic E-state index is 13.4. The van der Waals surface area contributed by atoms with E-state index in [4.69, 9.17) is 0 Å². The molecule has 2 aromatic carbocycles. The average Bonchev–Trinajstić information content (AvgIpc) is 3.29. The quantitative estimate of drug-likeness (QED) is 0.655. The summed E-state index contributed by atoms with van der Waals surface area (Å²) in [5.74, 6) is -0.893. The van der Waals surface area contributed by atoms with Crippen molar-refractivity contribution in [2.45, 2.75) is 43.8 Å². The zero-order valence-electron chi connectivity index (χ0n) is 18.8. The van der Waals surface area contributed by atoms with Crippen molar-refractivity contribution in [2.24, 2.45) is 0 Å². The molecule has 2 heterocycles. The van der Waals surface area contributed by atoms with E-state index in [0.717, 1.165) is 16.0 Å². The topological polar surface area (TPSA) is 104 Å². The molecule has 0 aromatic heterocycles. The average molecular weight is 482 g/mol. The van der Waals surface area contributed by atoms with Crippen molar-refractivity contribution >= 4 is 27.7 Å². The van der Waals surface area contributed by atoms with E-state index >= 15 is 0 Å². The van der Waals surface area contributed by atoms with Crippen molar-refractivity contribution in [1.29, 1.82) is 0 Å². The van der Waals surface area contributed by atoms with Crippen LogP contribution in [-0.2, 0) is 38.8 Å². The monoisotopic (exact) mass is 481 g/mol. The van der Waals surface area contributed by atoms with Crippen molar-refractivity contribution < 1.29 is 22.8 Å². The van der Waals surface area contributed by atoms with Gasteiger partial charge in [0.15, 0.2) is 9.84 Å². The number of amides is 4. The largest absolute Gasteiger partial charge is 0.333 e. The molecule has 8 nitrogen and oxygen atoms in total. The van der Waals surface area contributed by atoms with Gasteiger partial charge in [0.1, 0.15) is 12.1 Å². The number of carbonyl (C=O) groups excluding carboxylic acids is 3. The second-order valence-electron chi connectivity index (χ2n) is 9.41. The highest BCUT2D eigenvalue weighted by atomic mass is 32.2. The first kappa shape index (κ1) is 22.6. The number of fused-ring (bicyclic) bond motifs is 1. The molecule has 4 amide bonds. The van der Waals surface area contributed by atoms with Gasteiger partial charge in [0.25, 0.3) is 5.91 Å². The van der Waals surface area contributed by atoms with Crippen molar-refractivity contribution in [3.63, 3.8) is 0 Å². The summed E-state index contributed by atoms with van der Waals surface area (Å²) < 4.78 is 24.2. The van der Waals surface area contributed by atoms with E-state index in [1.165, 1.54) is 10.5 Å². The molecule has 5 rings (SSSR count). The molecule has 2 atom stereocenters. The predicted octanol–water partition coefficient (Wildman–Crippen LogP) is 1.68. The number of nitrogens with zero attached hydrogens (tertiary/aromatic N) is 2. The highest BCUT2D eigenvalue weighted by Gasteiger charge is 2.53. The summed E-state index contributed by atoms with van der Waals surface area (Å²) in [6, 6.07) is 16.1. The maximum Gasteiger partial charge on any atom is 0.325 e. The van der Waals surface area contributed by atoms with Crippen LogP contribution in [0.5, 0.6) is 0 Å². The lowest BCUT2D eigenvalue weighted by atomic mass is 9.78. The molecule has 34 heavy (non-hydrogen) atoms. The normalized spacial score (nSPS) is 25.3. The van der Waals surface area contributed by atoms with Gasteiger partial charge >= 0.3 is 6.03 Å². The Morgan fingerprint density at radius 1 is 1.06 bits per heavy atom. The van der Waals surface area contributed by atoms with Gasteiger partial charge in [0, 0.05) is 19.0 Å². The van der Waals surface area contributed by atoms with Gasteiger partial charge in [-0.25, -0.2) is 13.2 Å². The lowest BCUT2D eigenvalue weighted by Crippen LogP contribution is -2.52. The van der Waals surface area contributed by atoms with E-state index in [1.807, 2.05) is 54.6 Å². The van der Waals surface area contributed by atoms with Gasteiger partial charge in [-0.3, -0.25) is 14.5 Å². The van der Waals surface area contributed by atoms with E-state index in [2.05, 4.69) is 5.32 Å². The van der Waals surface area contributed by atoms with Gasteiger partial charge in [0.2, 0.25) is 5.91 Å². The fraction of sp³-hybridized carbons (Fsp3) is 0.400. The molecule has 1 N–H and O–H groups in total. The minimum Gasteiger partial charge on any atom is -0.333 e. The zero-order valence-corrected chi connectivity index (χ0v) is 19.6. The van der Waals surface area contributed by atoms with E-state index in [0.29, 0.717) is 25.7 Å². The number of urea groups is 1. The van der Waals surface area contributed by atoms with E-state index in [9.17, 15) is 22.8 Å². The number of sulfone groups is 1. The van der Waals surface area contributed by atoms with Crippen LogP contribution >= 0.6 is 0 Å². The number of aryl methyl sites for hydroxylation is 1. The standard InChI is InChI=1S/C25H27N3O5S/c29-22(27(15-18-6-2-1-3-7-18)21-11-13-34(32,33)17-21)16-28-23(30)25(26-24(28)31)12-10-19-8-4-5-9-20(19)14-25/h1-9,21H,10-17H2,(H,26,31)/t21-,25-/m1/s1. The molecule has 2 aliphatic heterocycles. The van der Waals surface area contributed by atoms with Crippen LogP contribution in [0.1, 0.15) is 29.5 Å². The van der Waals surface area contributed by atoms with Gasteiger partial charge in [-0.15, -0.1) is 0 Å². The lowest BCUT2D eigenvalue weighted by molar-refractivity contribution is -0.140. The highest BCUT2D eigenvalue weighted by molar-refractivity contribution is 7.91. The van der Waals surface area contributed by atoms with Gasteiger partial charge < -0.3 is 10.2 Å². The van der Waals surface area contributed by atoms with Crippen molar-refractivity contribution in [3.05, 3.63) is 71.3 Å². The maximum atomic E-state index is 13.4. The Labute approximate surface area is 198 Å². The third-order valence-corrected chi connectivity index (χ3v) is 8.89. The van der Waals surface area contributed by atoms with Gasteiger partial charge in [0.05, 0.1) is 11.5 Å². The number of benzene rings is 2. The first-order valence-corrected chi connectivity index (χ1v) is 13.3. The van der Waals surface area contributed by atoms with Gasteiger partial charge in [-0.1, -0.05) is 54.6 Å². The number of rotatable bonds is 5. The summed E-state index contributed by atoms with van der Waals surface area (Å²) in [5, 5.41) is 2.86. The summed E-state index contributed by atoms with van der Waals surface area (Å²) in [7, 11) is -3.22. The van der Waals surface area contributed by atoms with Gasteiger partial charge in [-0.05, 0) is 36.0 Å². The molecule has 0 bridgehead atoms. The summed E-state index contributed by atoms with van der Waals surface area (Å²) in [6.45, 7) is -0.181. The van der Waals surface area contributed by atoms with E-state index in [-0.39, 0.29) is 24.0 Å². The molecule has 0 saturated carbocycles. The van der Waals surface area contributed by atoms with Crippen LogP contribution in [0.25, 0.3) is 0 Å².